The van der Waals surface area contributed by atoms with Gasteiger partial charge >= 0.3 is 0 Å². The Kier molecular flexibility index (Phi) is 5.38. The maximum Gasteiger partial charge on any atom is 0.240 e. The number of halogens is 1. The third-order valence-electron chi connectivity index (χ3n) is 4.79. The summed E-state index contributed by atoms with van der Waals surface area (Å²) in [6, 6.07) is 12.8. The highest BCUT2D eigenvalue weighted by Gasteiger charge is 2.37. The second kappa shape index (κ2) is 7.96. The van der Waals surface area contributed by atoms with Crippen molar-refractivity contribution < 1.29 is 9.53 Å². The SMILES string of the molecule is COc1ccc(C2Nn3c(C)nnc3SC2C(=O)Nc2cc(Cl)ccc2C)cc1. The molecule has 0 fully saturated rings. The number of nitrogens with zero attached hydrogens (tertiary/aromatic N) is 3. The molecule has 150 valence electrons. The average Bonchev–Trinajstić information content (AvgIpc) is 3.10. The van der Waals surface area contributed by atoms with Crippen LogP contribution in [0.2, 0.25) is 5.02 Å². The zero-order valence-electron chi connectivity index (χ0n) is 16.1. The number of carbonyl (C=O) groups is 1. The molecule has 9 heteroatoms. The van der Waals surface area contributed by atoms with Crippen molar-refractivity contribution in [3.8, 4) is 5.75 Å². The van der Waals surface area contributed by atoms with Crippen molar-refractivity contribution in [1.82, 2.24) is 14.9 Å². The maximum absolute atomic E-state index is 13.3. The van der Waals surface area contributed by atoms with Gasteiger partial charge in [0.15, 0.2) is 0 Å². The van der Waals surface area contributed by atoms with E-state index in [1.807, 2.05) is 48.9 Å². The van der Waals surface area contributed by atoms with Gasteiger partial charge in [-0.1, -0.05) is 41.6 Å². The molecular weight excluding hydrogens is 410 g/mol. The molecule has 2 atom stereocenters. The highest BCUT2D eigenvalue weighted by Crippen LogP contribution is 2.38. The first-order chi connectivity index (χ1) is 14.0. The van der Waals surface area contributed by atoms with E-state index in [1.54, 1.807) is 19.2 Å². The Morgan fingerprint density at radius 3 is 2.69 bits per heavy atom. The summed E-state index contributed by atoms with van der Waals surface area (Å²) in [4.78, 5) is 13.3. The van der Waals surface area contributed by atoms with Gasteiger partial charge in [0, 0.05) is 10.7 Å². The topological polar surface area (TPSA) is 81.1 Å². The quantitative estimate of drug-likeness (QED) is 0.653. The van der Waals surface area contributed by atoms with E-state index in [4.69, 9.17) is 16.3 Å². The Morgan fingerprint density at radius 1 is 1.21 bits per heavy atom. The first-order valence-corrected chi connectivity index (χ1v) is 10.3. The highest BCUT2D eigenvalue weighted by molar-refractivity contribution is 8.00. The second-order valence-corrected chi connectivity index (χ2v) is 8.28. The van der Waals surface area contributed by atoms with Crippen LogP contribution in [0.3, 0.4) is 0 Å². The molecule has 0 saturated carbocycles. The van der Waals surface area contributed by atoms with E-state index in [0.717, 1.165) is 22.7 Å². The fourth-order valence-corrected chi connectivity index (χ4v) is 4.45. The molecule has 2 unspecified atom stereocenters. The van der Waals surface area contributed by atoms with Crippen LogP contribution in [0.15, 0.2) is 47.6 Å². The van der Waals surface area contributed by atoms with Crippen LogP contribution in [0.4, 0.5) is 5.69 Å². The molecule has 4 rings (SSSR count). The summed E-state index contributed by atoms with van der Waals surface area (Å²) in [6.45, 7) is 3.80. The molecule has 2 heterocycles. The van der Waals surface area contributed by atoms with Gasteiger partial charge in [0.05, 0.1) is 13.2 Å². The standard InChI is InChI=1S/C20H20ClN5O2S/c1-11-4-7-14(21)10-16(11)22-19(27)18-17(13-5-8-15(28-3)9-6-13)25-26-12(2)23-24-20(26)29-18/h4-10,17-18,25H,1-3H3,(H,22,27). The normalized spacial score (nSPS) is 17.9. The van der Waals surface area contributed by atoms with Crippen LogP contribution in [0, 0.1) is 13.8 Å². The lowest BCUT2D eigenvalue weighted by Crippen LogP contribution is -2.41. The summed E-state index contributed by atoms with van der Waals surface area (Å²) in [5.74, 6) is 1.35. The van der Waals surface area contributed by atoms with Gasteiger partial charge in [-0.05, 0) is 49.2 Å². The fraction of sp³-hybridized carbons (Fsp3) is 0.250. The summed E-state index contributed by atoms with van der Waals surface area (Å²) in [5, 5.41) is 12.1. The fourth-order valence-electron chi connectivity index (χ4n) is 3.15. The lowest BCUT2D eigenvalue weighted by Gasteiger charge is -2.33. The van der Waals surface area contributed by atoms with Gasteiger partial charge in [-0.25, -0.2) is 4.68 Å². The first-order valence-electron chi connectivity index (χ1n) is 9.02. The molecule has 1 aromatic heterocycles. The Bertz CT molecular complexity index is 1050. The van der Waals surface area contributed by atoms with Crippen molar-refractivity contribution in [2.24, 2.45) is 0 Å². The van der Waals surface area contributed by atoms with Gasteiger partial charge in [-0.2, -0.15) is 0 Å². The summed E-state index contributed by atoms with van der Waals surface area (Å²) in [5.41, 5.74) is 5.98. The van der Waals surface area contributed by atoms with E-state index >= 15 is 0 Å². The van der Waals surface area contributed by atoms with E-state index in [-0.39, 0.29) is 11.9 Å². The summed E-state index contributed by atoms with van der Waals surface area (Å²) in [7, 11) is 1.63. The minimum Gasteiger partial charge on any atom is -0.497 e. The Morgan fingerprint density at radius 2 is 1.97 bits per heavy atom. The summed E-state index contributed by atoms with van der Waals surface area (Å²) < 4.78 is 7.07. The molecule has 0 radical (unpaired) electrons. The number of carbonyl (C=O) groups excluding carboxylic acids is 1. The van der Waals surface area contributed by atoms with E-state index in [0.29, 0.717) is 15.9 Å². The largest absolute Gasteiger partial charge is 0.497 e. The molecule has 0 spiro atoms. The van der Waals surface area contributed by atoms with Crippen LogP contribution < -0.4 is 15.5 Å². The number of amides is 1. The molecule has 7 nitrogen and oxygen atoms in total. The van der Waals surface area contributed by atoms with Crippen molar-refractivity contribution in [2.75, 3.05) is 17.9 Å². The number of aryl methyl sites for hydroxylation is 2. The molecule has 29 heavy (non-hydrogen) atoms. The van der Waals surface area contributed by atoms with E-state index in [9.17, 15) is 4.79 Å². The summed E-state index contributed by atoms with van der Waals surface area (Å²) >= 11 is 7.49. The number of benzene rings is 2. The van der Waals surface area contributed by atoms with Crippen LogP contribution in [0.1, 0.15) is 23.0 Å². The first kappa shape index (κ1) is 19.6. The van der Waals surface area contributed by atoms with Gasteiger partial charge in [0.25, 0.3) is 0 Å². The van der Waals surface area contributed by atoms with Gasteiger partial charge in [-0.15, -0.1) is 10.2 Å². The lowest BCUT2D eigenvalue weighted by atomic mass is 10.0. The Labute approximate surface area is 177 Å². The number of nitrogens with one attached hydrogen (secondary N) is 2. The number of aromatic nitrogens is 3. The maximum atomic E-state index is 13.3. The Hall–Kier alpha value is -2.71. The Balaban J connectivity index is 1.67. The van der Waals surface area contributed by atoms with Crippen molar-refractivity contribution in [3.63, 3.8) is 0 Å². The average molecular weight is 430 g/mol. The molecule has 0 aliphatic carbocycles. The highest BCUT2D eigenvalue weighted by atomic mass is 35.5. The van der Waals surface area contributed by atoms with Crippen molar-refractivity contribution in [1.29, 1.82) is 0 Å². The zero-order valence-corrected chi connectivity index (χ0v) is 17.7. The molecule has 0 saturated heterocycles. The van der Waals surface area contributed by atoms with Crippen LogP contribution in [-0.4, -0.2) is 33.1 Å². The molecule has 3 aromatic rings. The third kappa shape index (κ3) is 3.90. The lowest BCUT2D eigenvalue weighted by molar-refractivity contribution is -0.116. The van der Waals surface area contributed by atoms with Crippen molar-refractivity contribution in [3.05, 3.63) is 64.4 Å². The summed E-state index contributed by atoms with van der Waals surface area (Å²) in [6.07, 6.45) is 0. The van der Waals surface area contributed by atoms with Gasteiger partial charge < -0.3 is 15.5 Å². The minimum absolute atomic E-state index is 0.138. The molecule has 0 bridgehead atoms. The van der Waals surface area contributed by atoms with Crippen LogP contribution in [0.5, 0.6) is 5.75 Å². The zero-order chi connectivity index (χ0) is 20.5. The van der Waals surface area contributed by atoms with E-state index < -0.39 is 5.25 Å². The predicted octanol–water partition coefficient (Wildman–Crippen LogP) is 3.95. The van der Waals surface area contributed by atoms with Gasteiger partial charge in [0.2, 0.25) is 11.1 Å². The third-order valence-corrected chi connectivity index (χ3v) is 6.24. The molecule has 1 aliphatic heterocycles. The van der Waals surface area contributed by atoms with Crippen LogP contribution in [-0.2, 0) is 4.79 Å². The number of ether oxygens (including phenoxy) is 1. The molecule has 2 aromatic carbocycles. The number of anilines is 1. The molecule has 1 amide bonds. The van der Waals surface area contributed by atoms with E-state index in [2.05, 4.69) is 20.9 Å². The number of rotatable bonds is 4. The smallest absolute Gasteiger partial charge is 0.240 e. The minimum atomic E-state index is -0.460. The predicted molar refractivity (Wildman–Crippen MR) is 114 cm³/mol. The monoisotopic (exact) mass is 429 g/mol. The number of methoxy groups -OCH3 is 1. The molecule has 1 aliphatic rings. The van der Waals surface area contributed by atoms with Crippen LogP contribution >= 0.6 is 23.4 Å². The van der Waals surface area contributed by atoms with Gasteiger partial charge in [-0.3, -0.25) is 4.79 Å². The number of fused-ring (bicyclic) bond motifs is 1. The van der Waals surface area contributed by atoms with Gasteiger partial charge in [0.1, 0.15) is 16.8 Å². The number of hydrogen-bond donors (Lipinski definition) is 2. The van der Waals surface area contributed by atoms with Crippen molar-refractivity contribution in [2.45, 2.75) is 30.3 Å². The van der Waals surface area contributed by atoms with E-state index in [1.165, 1.54) is 11.8 Å². The number of thioether (sulfide) groups is 1. The van der Waals surface area contributed by atoms with Crippen LogP contribution in [0.25, 0.3) is 0 Å². The molecule has 2 N–H and O–H groups in total. The second-order valence-electron chi connectivity index (χ2n) is 6.73. The number of hydrogen-bond acceptors (Lipinski definition) is 6. The van der Waals surface area contributed by atoms with Crippen molar-refractivity contribution >= 4 is 35.0 Å². The molecular formula is C20H20ClN5O2S.